The molecule has 1 aliphatic rings. The summed E-state index contributed by atoms with van der Waals surface area (Å²) in [6, 6.07) is 5.60. The number of nitrogens with one attached hydrogen (secondary N) is 1. The standard InChI is InChI=1S/C18H22N2O4/c1-11(21)20-16-9-17(23-2)15(8-14(16)10-19)12-4-6-13(7-5-12)18(22)24-3/h8-9,12-13H,4-7H2,1-3H3,(H,20,21). The van der Waals surface area contributed by atoms with Gasteiger partial charge in [-0.2, -0.15) is 5.26 Å². The molecule has 1 saturated carbocycles. The molecule has 0 heterocycles. The minimum atomic E-state index is -0.236. The largest absolute Gasteiger partial charge is 0.496 e. The molecule has 1 fully saturated rings. The lowest BCUT2D eigenvalue weighted by atomic mass is 9.78. The van der Waals surface area contributed by atoms with Gasteiger partial charge in [0.2, 0.25) is 5.91 Å². The molecule has 6 nitrogen and oxygen atoms in total. The minimum Gasteiger partial charge on any atom is -0.496 e. The van der Waals surface area contributed by atoms with Gasteiger partial charge in [-0.05, 0) is 43.2 Å². The van der Waals surface area contributed by atoms with E-state index in [9.17, 15) is 14.9 Å². The smallest absolute Gasteiger partial charge is 0.308 e. The zero-order chi connectivity index (χ0) is 17.7. The van der Waals surface area contributed by atoms with Gasteiger partial charge in [0.1, 0.15) is 11.8 Å². The van der Waals surface area contributed by atoms with Gasteiger partial charge in [-0.25, -0.2) is 0 Å². The Morgan fingerprint density at radius 2 is 1.88 bits per heavy atom. The lowest BCUT2D eigenvalue weighted by Crippen LogP contribution is -2.22. The fourth-order valence-electron chi connectivity index (χ4n) is 3.28. The maximum absolute atomic E-state index is 11.7. The highest BCUT2D eigenvalue weighted by Gasteiger charge is 2.29. The summed E-state index contributed by atoms with van der Waals surface area (Å²) < 4.78 is 10.3. The van der Waals surface area contributed by atoms with Gasteiger partial charge in [-0.3, -0.25) is 9.59 Å². The van der Waals surface area contributed by atoms with Crippen LogP contribution in [0.2, 0.25) is 0 Å². The van der Waals surface area contributed by atoms with Crippen LogP contribution in [0.5, 0.6) is 5.75 Å². The fourth-order valence-corrected chi connectivity index (χ4v) is 3.28. The van der Waals surface area contributed by atoms with Gasteiger partial charge in [0.05, 0.1) is 31.4 Å². The lowest BCUT2D eigenvalue weighted by molar-refractivity contribution is -0.146. The Hall–Kier alpha value is -2.55. The Morgan fingerprint density at radius 1 is 1.21 bits per heavy atom. The molecule has 1 aromatic carbocycles. The summed E-state index contributed by atoms with van der Waals surface area (Å²) in [5, 5.41) is 12.0. The van der Waals surface area contributed by atoms with E-state index in [1.165, 1.54) is 14.0 Å². The zero-order valence-electron chi connectivity index (χ0n) is 14.2. The molecule has 0 unspecified atom stereocenters. The number of nitrogens with zero attached hydrogens (tertiary/aromatic N) is 1. The molecule has 1 amide bonds. The van der Waals surface area contributed by atoms with Crippen LogP contribution in [0.4, 0.5) is 5.69 Å². The van der Waals surface area contributed by atoms with Crippen LogP contribution < -0.4 is 10.1 Å². The molecule has 0 atom stereocenters. The van der Waals surface area contributed by atoms with Crippen molar-refractivity contribution in [1.82, 2.24) is 0 Å². The van der Waals surface area contributed by atoms with E-state index in [0.29, 0.717) is 17.0 Å². The SMILES string of the molecule is COC(=O)C1CCC(c2cc(C#N)c(NC(C)=O)cc2OC)CC1. The third-order valence-electron chi connectivity index (χ3n) is 4.50. The average molecular weight is 330 g/mol. The molecule has 128 valence electrons. The Kier molecular flexibility index (Phi) is 5.80. The summed E-state index contributed by atoms with van der Waals surface area (Å²) in [4.78, 5) is 22.9. The monoisotopic (exact) mass is 330 g/mol. The van der Waals surface area contributed by atoms with Gasteiger partial charge >= 0.3 is 5.97 Å². The van der Waals surface area contributed by atoms with Crippen LogP contribution in [0.3, 0.4) is 0 Å². The number of ether oxygens (including phenoxy) is 2. The predicted molar refractivity (Wildman–Crippen MR) is 88.7 cm³/mol. The van der Waals surface area contributed by atoms with Crippen molar-refractivity contribution in [3.63, 3.8) is 0 Å². The summed E-state index contributed by atoms with van der Waals surface area (Å²) in [7, 11) is 2.99. The molecular weight excluding hydrogens is 308 g/mol. The van der Waals surface area contributed by atoms with E-state index < -0.39 is 0 Å². The van der Waals surface area contributed by atoms with Crippen LogP contribution in [0.25, 0.3) is 0 Å². The number of hydrogen-bond donors (Lipinski definition) is 1. The van der Waals surface area contributed by atoms with Crippen LogP contribution >= 0.6 is 0 Å². The normalized spacial score (nSPS) is 19.9. The molecule has 0 saturated heterocycles. The van der Waals surface area contributed by atoms with E-state index in [2.05, 4.69) is 11.4 Å². The van der Waals surface area contributed by atoms with Crippen LogP contribution in [0.15, 0.2) is 12.1 Å². The molecule has 6 heteroatoms. The van der Waals surface area contributed by atoms with Gasteiger partial charge in [0.25, 0.3) is 0 Å². The predicted octanol–water partition coefficient (Wildman–Crippen LogP) is 2.97. The highest BCUT2D eigenvalue weighted by atomic mass is 16.5. The summed E-state index contributed by atoms with van der Waals surface area (Å²) >= 11 is 0. The van der Waals surface area contributed by atoms with Gasteiger partial charge in [-0.1, -0.05) is 0 Å². The molecule has 2 rings (SSSR count). The number of esters is 1. The maximum atomic E-state index is 11.7. The highest BCUT2D eigenvalue weighted by Crippen LogP contribution is 2.41. The molecule has 0 aliphatic heterocycles. The summed E-state index contributed by atoms with van der Waals surface area (Å²) in [5.74, 6) is 0.434. The van der Waals surface area contributed by atoms with Crippen molar-refractivity contribution in [2.75, 3.05) is 19.5 Å². The molecular formula is C18H22N2O4. The summed E-state index contributed by atoms with van der Waals surface area (Å²) in [6.07, 6.45) is 3.19. The molecule has 0 aromatic heterocycles. The molecule has 0 bridgehead atoms. The fraction of sp³-hybridized carbons (Fsp3) is 0.500. The second-order valence-electron chi connectivity index (χ2n) is 6.00. The van der Waals surface area contributed by atoms with Crippen LogP contribution in [0, 0.1) is 17.2 Å². The number of anilines is 1. The van der Waals surface area contributed by atoms with Crippen molar-refractivity contribution in [3.8, 4) is 11.8 Å². The van der Waals surface area contributed by atoms with Crippen molar-refractivity contribution >= 4 is 17.6 Å². The van der Waals surface area contributed by atoms with E-state index in [4.69, 9.17) is 9.47 Å². The van der Waals surface area contributed by atoms with Crippen molar-refractivity contribution in [2.45, 2.75) is 38.5 Å². The number of rotatable bonds is 4. The van der Waals surface area contributed by atoms with Gasteiger partial charge in [0.15, 0.2) is 0 Å². The average Bonchev–Trinajstić information content (AvgIpc) is 2.60. The molecule has 0 radical (unpaired) electrons. The lowest BCUT2D eigenvalue weighted by Gasteiger charge is -2.28. The van der Waals surface area contributed by atoms with Crippen molar-refractivity contribution in [3.05, 3.63) is 23.3 Å². The first-order valence-corrected chi connectivity index (χ1v) is 7.97. The van der Waals surface area contributed by atoms with Crippen molar-refractivity contribution < 1.29 is 19.1 Å². The van der Waals surface area contributed by atoms with Gasteiger partial charge in [-0.15, -0.1) is 0 Å². The number of amides is 1. The first kappa shape index (κ1) is 17.8. The minimum absolute atomic E-state index is 0.0497. The molecule has 0 spiro atoms. The Morgan fingerprint density at radius 3 is 2.38 bits per heavy atom. The molecule has 1 aromatic rings. The Labute approximate surface area is 141 Å². The van der Waals surface area contributed by atoms with Crippen molar-refractivity contribution in [1.29, 1.82) is 5.26 Å². The van der Waals surface area contributed by atoms with Gasteiger partial charge in [0, 0.05) is 13.0 Å². The second kappa shape index (κ2) is 7.82. The van der Waals surface area contributed by atoms with E-state index >= 15 is 0 Å². The van der Waals surface area contributed by atoms with E-state index in [1.807, 2.05) is 0 Å². The number of hydrogen-bond acceptors (Lipinski definition) is 5. The quantitative estimate of drug-likeness (QED) is 0.857. The third kappa shape index (κ3) is 3.85. The number of carbonyl (C=O) groups excluding carboxylic acids is 2. The molecule has 24 heavy (non-hydrogen) atoms. The Bertz CT molecular complexity index is 670. The van der Waals surface area contributed by atoms with Gasteiger partial charge < -0.3 is 14.8 Å². The highest BCUT2D eigenvalue weighted by molar-refractivity contribution is 5.90. The molecule has 1 aliphatic carbocycles. The van der Waals surface area contributed by atoms with Crippen LogP contribution in [0.1, 0.15) is 49.7 Å². The van der Waals surface area contributed by atoms with E-state index in [1.54, 1.807) is 19.2 Å². The number of carbonyl (C=O) groups is 2. The summed E-state index contributed by atoms with van der Waals surface area (Å²) in [6.45, 7) is 1.40. The first-order chi connectivity index (χ1) is 11.5. The van der Waals surface area contributed by atoms with Crippen LogP contribution in [-0.4, -0.2) is 26.1 Å². The second-order valence-corrected chi connectivity index (χ2v) is 6.00. The topological polar surface area (TPSA) is 88.4 Å². The zero-order valence-corrected chi connectivity index (χ0v) is 14.2. The Balaban J connectivity index is 2.26. The van der Waals surface area contributed by atoms with E-state index in [0.717, 1.165) is 31.2 Å². The number of benzene rings is 1. The third-order valence-corrected chi connectivity index (χ3v) is 4.50. The first-order valence-electron chi connectivity index (χ1n) is 7.97. The number of methoxy groups -OCH3 is 2. The molecule has 1 N–H and O–H groups in total. The van der Waals surface area contributed by atoms with Crippen molar-refractivity contribution in [2.24, 2.45) is 5.92 Å². The summed E-state index contributed by atoms with van der Waals surface area (Å²) in [5.41, 5.74) is 1.82. The van der Waals surface area contributed by atoms with Crippen LogP contribution in [-0.2, 0) is 14.3 Å². The van der Waals surface area contributed by atoms with E-state index in [-0.39, 0.29) is 23.7 Å². The maximum Gasteiger partial charge on any atom is 0.308 e. The number of nitriles is 1.